The van der Waals surface area contributed by atoms with Crippen molar-refractivity contribution in [2.24, 2.45) is 7.05 Å². The molecular formula is C22H19N5O2. The van der Waals surface area contributed by atoms with Crippen LogP contribution >= 0.6 is 0 Å². The maximum absolute atomic E-state index is 12.5. The maximum atomic E-state index is 12.5. The van der Waals surface area contributed by atoms with E-state index in [1.807, 2.05) is 62.5 Å². The number of hydrogen-bond donors (Lipinski definition) is 1. The monoisotopic (exact) mass is 385 g/mol. The Kier molecular flexibility index (Phi) is 4.01. The molecule has 1 N–H and O–H groups in total. The Bertz CT molecular complexity index is 1190. The average molecular weight is 385 g/mol. The van der Waals surface area contributed by atoms with E-state index in [0.717, 1.165) is 28.2 Å². The predicted molar refractivity (Wildman–Crippen MR) is 108 cm³/mol. The van der Waals surface area contributed by atoms with Crippen LogP contribution < -0.4 is 5.32 Å². The van der Waals surface area contributed by atoms with Crippen molar-refractivity contribution in [2.75, 3.05) is 5.32 Å². The summed E-state index contributed by atoms with van der Waals surface area (Å²) in [5.74, 6) is 1.60. The summed E-state index contributed by atoms with van der Waals surface area (Å²) in [6.07, 6.45) is 2.02. The number of anilines is 1. The van der Waals surface area contributed by atoms with Crippen molar-refractivity contribution in [1.29, 1.82) is 0 Å². The molecule has 1 aliphatic rings. The fourth-order valence-electron chi connectivity index (χ4n) is 3.85. The van der Waals surface area contributed by atoms with Crippen LogP contribution in [0.4, 0.5) is 5.82 Å². The molecule has 1 aromatic carbocycles. The van der Waals surface area contributed by atoms with Gasteiger partial charge in [-0.25, -0.2) is 4.98 Å². The zero-order valence-electron chi connectivity index (χ0n) is 16.1. The smallest absolute Gasteiger partial charge is 0.226 e. The molecule has 1 unspecified atom stereocenters. The lowest BCUT2D eigenvalue weighted by Crippen LogP contribution is -2.25. The summed E-state index contributed by atoms with van der Waals surface area (Å²) in [6, 6.07) is 15.5. The van der Waals surface area contributed by atoms with Crippen molar-refractivity contribution >= 4 is 11.7 Å². The van der Waals surface area contributed by atoms with Gasteiger partial charge in [-0.05, 0) is 31.2 Å². The number of fused-ring (bicyclic) bond motifs is 1. The van der Waals surface area contributed by atoms with Crippen LogP contribution in [-0.2, 0) is 11.8 Å². The highest BCUT2D eigenvalue weighted by Gasteiger charge is 2.36. The van der Waals surface area contributed by atoms with Gasteiger partial charge in [-0.15, -0.1) is 0 Å². The van der Waals surface area contributed by atoms with Crippen molar-refractivity contribution in [3.63, 3.8) is 0 Å². The first kappa shape index (κ1) is 17.4. The minimum atomic E-state index is -0.259. The van der Waals surface area contributed by atoms with Crippen LogP contribution in [0.25, 0.3) is 22.8 Å². The number of aryl methyl sites for hydroxylation is 2. The topological polar surface area (TPSA) is 85.8 Å². The summed E-state index contributed by atoms with van der Waals surface area (Å²) in [6.45, 7) is 1.89. The number of amides is 1. The fraction of sp³-hybridized carbons (Fsp3) is 0.182. The largest absolute Gasteiger partial charge is 0.441 e. The molecule has 1 aliphatic heterocycles. The van der Waals surface area contributed by atoms with E-state index < -0.39 is 0 Å². The van der Waals surface area contributed by atoms with Gasteiger partial charge in [0, 0.05) is 36.7 Å². The van der Waals surface area contributed by atoms with Crippen LogP contribution in [-0.4, -0.2) is 25.7 Å². The lowest BCUT2D eigenvalue weighted by Gasteiger charge is -2.22. The third-order valence-electron chi connectivity index (χ3n) is 5.17. The summed E-state index contributed by atoms with van der Waals surface area (Å²) >= 11 is 0. The molecule has 4 heterocycles. The van der Waals surface area contributed by atoms with Crippen molar-refractivity contribution in [3.05, 3.63) is 71.7 Å². The second-order valence-corrected chi connectivity index (χ2v) is 7.08. The van der Waals surface area contributed by atoms with Crippen LogP contribution in [0.15, 0.2) is 59.1 Å². The van der Waals surface area contributed by atoms with E-state index in [2.05, 4.69) is 15.4 Å². The molecule has 5 rings (SSSR count). The molecule has 0 aliphatic carbocycles. The van der Waals surface area contributed by atoms with Crippen molar-refractivity contribution in [3.8, 4) is 22.8 Å². The first-order valence-electron chi connectivity index (χ1n) is 9.42. The van der Waals surface area contributed by atoms with Gasteiger partial charge in [0.1, 0.15) is 17.3 Å². The molecule has 0 saturated carbocycles. The minimum Gasteiger partial charge on any atom is -0.441 e. The molecule has 0 fully saturated rings. The number of carbonyl (C=O) groups is 1. The molecule has 0 saturated heterocycles. The Morgan fingerprint density at radius 1 is 1.14 bits per heavy atom. The number of hydrogen-bond acceptors (Lipinski definition) is 5. The predicted octanol–water partition coefficient (Wildman–Crippen LogP) is 3.92. The summed E-state index contributed by atoms with van der Waals surface area (Å²) in [5, 5.41) is 7.60. The zero-order valence-corrected chi connectivity index (χ0v) is 16.1. The van der Waals surface area contributed by atoms with E-state index in [0.29, 0.717) is 17.5 Å². The van der Waals surface area contributed by atoms with Crippen molar-refractivity contribution in [1.82, 2.24) is 19.7 Å². The van der Waals surface area contributed by atoms with Gasteiger partial charge in [-0.2, -0.15) is 5.10 Å². The van der Waals surface area contributed by atoms with Gasteiger partial charge in [-0.3, -0.25) is 14.5 Å². The van der Waals surface area contributed by atoms with Crippen LogP contribution in [0.3, 0.4) is 0 Å². The Balaban J connectivity index is 1.67. The number of nitrogens with one attached hydrogen (secondary N) is 1. The number of oxazole rings is 1. The number of pyridine rings is 1. The lowest BCUT2D eigenvalue weighted by atomic mass is 9.87. The van der Waals surface area contributed by atoms with Crippen LogP contribution in [0, 0.1) is 6.92 Å². The van der Waals surface area contributed by atoms with Gasteiger partial charge < -0.3 is 9.73 Å². The first-order valence-corrected chi connectivity index (χ1v) is 9.42. The highest BCUT2D eigenvalue weighted by Crippen LogP contribution is 2.43. The highest BCUT2D eigenvalue weighted by atomic mass is 16.4. The first-order chi connectivity index (χ1) is 14.1. The third kappa shape index (κ3) is 2.91. The van der Waals surface area contributed by atoms with E-state index in [-0.39, 0.29) is 18.2 Å². The molecule has 1 amide bonds. The molecule has 29 heavy (non-hydrogen) atoms. The summed E-state index contributed by atoms with van der Waals surface area (Å²) in [5.41, 5.74) is 4.08. The van der Waals surface area contributed by atoms with E-state index in [4.69, 9.17) is 9.40 Å². The van der Waals surface area contributed by atoms with Crippen LogP contribution in [0.2, 0.25) is 0 Å². The minimum absolute atomic E-state index is 0.0678. The zero-order chi connectivity index (χ0) is 20.0. The molecule has 0 spiro atoms. The van der Waals surface area contributed by atoms with Gasteiger partial charge >= 0.3 is 0 Å². The van der Waals surface area contributed by atoms with Gasteiger partial charge in [0.2, 0.25) is 11.8 Å². The SMILES string of the molecule is Cc1oc(-c2ccccc2)nc1C1CC(=O)Nc2c1c(-c1ccccn1)nn2C. The van der Waals surface area contributed by atoms with E-state index in [1.165, 1.54) is 0 Å². The number of nitrogens with zero attached hydrogens (tertiary/aromatic N) is 4. The molecule has 3 aromatic heterocycles. The van der Waals surface area contributed by atoms with Gasteiger partial charge in [-0.1, -0.05) is 24.3 Å². The Labute approximate surface area is 167 Å². The third-order valence-corrected chi connectivity index (χ3v) is 5.17. The standard InChI is InChI=1S/C22H19N5O2/c1-13-19(25-22(29-13)14-8-4-3-5-9-14)15-12-17(28)24-21-18(15)20(26-27(21)2)16-10-6-7-11-23-16/h3-11,15H,12H2,1-2H3,(H,24,28). The number of aromatic nitrogens is 4. The fourth-order valence-corrected chi connectivity index (χ4v) is 3.85. The number of carbonyl (C=O) groups excluding carboxylic acids is 1. The van der Waals surface area contributed by atoms with E-state index >= 15 is 0 Å². The lowest BCUT2D eigenvalue weighted by molar-refractivity contribution is -0.116. The molecule has 7 heteroatoms. The molecule has 7 nitrogen and oxygen atoms in total. The summed E-state index contributed by atoms with van der Waals surface area (Å²) in [4.78, 5) is 21.7. The summed E-state index contributed by atoms with van der Waals surface area (Å²) in [7, 11) is 1.82. The molecular weight excluding hydrogens is 366 g/mol. The number of rotatable bonds is 3. The molecule has 0 bridgehead atoms. The second-order valence-electron chi connectivity index (χ2n) is 7.08. The van der Waals surface area contributed by atoms with Gasteiger partial charge in [0.15, 0.2) is 0 Å². The van der Waals surface area contributed by atoms with Gasteiger partial charge in [0.05, 0.1) is 11.4 Å². The summed E-state index contributed by atoms with van der Waals surface area (Å²) < 4.78 is 7.66. The van der Waals surface area contributed by atoms with Crippen molar-refractivity contribution in [2.45, 2.75) is 19.3 Å². The van der Waals surface area contributed by atoms with E-state index in [9.17, 15) is 4.79 Å². The van der Waals surface area contributed by atoms with Gasteiger partial charge in [0.25, 0.3) is 0 Å². The Morgan fingerprint density at radius 3 is 2.69 bits per heavy atom. The van der Waals surface area contributed by atoms with E-state index in [1.54, 1.807) is 10.9 Å². The molecule has 0 radical (unpaired) electrons. The Hall–Kier alpha value is -3.74. The normalized spacial score (nSPS) is 15.8. The molecule has 4 aromatic rings. The van der Waals surface area contributed by atoms with Crippen molar-refractivity contribution < 1.29 is 9.21 Å². The molecule has 144 valence electrons. The maximum Gasteiger partial charge on any atom is 0.226 e. The quantitative estimate of drug-likeness (QED) is 0.578. The Morgan fingerprint density at radius 2 is 1.93 bits per heavy atom. The van der Waals surface area contributed by atoms with Crippen LogP contribution in [0.1, 0.15) is 29.4 Å². The highest BCUT2D eigenvalue weighted by molar-refractivity contribution is 5.96. The van der Waals surface area contributed by atoms with Crippen LogP contribution in [0.5, 0.6) is 0 Å². The molecule has 1 atom stereocenters. The average Bonchev–Trinajstić information content (AvgIpc) is 3.29. The number of benzene rings is 1. The second kappa shape index (κ2) is 6.70.